The fraction of sp³-hybridized carbons (Fsp3) is 0.727. The molecule has 1 amide bonds. The van der Waals surface area contributed by atoms with Gasteiger partial charge in [-0.3, -0.25) is 4.79 Å². The van der Waals surface area contributed by atoms with Gasteiger partial charge in [0, 0.05) is 12.3 Å². The van der Waals surface area contributed by atoms with Gasteiger partial charge in [-0.05, 0) is 19.3 Å². The predicted molar refractivity (Wildman–Crippen MR) is 64.7 cm³/mol. The maximum Gasteiger partial charge on any atom is 0.226 e. The standard InChI is InChI=1S/C11H17N3OS/c1-2-3-4-5-9(15)12-11-14-13-10(16-11)8-6-7-8/h8H,2-7H2,1H3,(H,12,14,15). The summed E-state index contributed by atoms with van der Waals surface area (Å²) in [6.07, 6.45) is 6.23. The van der Waals surface area contributed by atoms with Gasteiger partial charge in [0.2, 0.25) is 11.0 Å². The highest BCUT2D eigenvalue weighted by Gasteiger charge is 2.27. The number of amides is 1. The molecule has 1 aromatic rings. The Morgan fingerprint density at radius 2 is 2.25 bits per heavy atom. The zero-order chi connectivity index (χ0) is 11.4. The Labute approximate surface area is 99.5 Å². The first-order valence-corrected chi connectivity index (χ1v) is 6.74. The topological polar surface area (TPSA) is 54.9 Å². The van der Waals surface area contributed by atoms with Gasteiger partial charge in [-0.15, -0.1) is 10.2 Å². The van der Waals surface area contributed by atoms with Crippen LogP contribution in [0.25, 0.3) is 0 Å². The Morgan fingerprint density at radius 3 is 2.94 bits per heavy atom. The summed E-state index contributed by atoms with van der Waals surface area (Å²) >= 11 is 1.52. The molecule has 88 valence electrons. The zero-order valence-electron chi connectivity index (χ0n) is 9.53. The van der Waals surface area contributed by atoms with Gasteiger partial charge in [0.25, 0.3) is 0 Å². The molecule has 1 N–H and O–H groups in total. The molecule has 16 heavy (non-hydrogen) atoms. The van der Waals surface area contributed by atoms with Gasteiger partial charge >= 0.3 is 0 Å². The number of unbranched alkanes of at least 4 members (excludes halogenated alkanes) is 2. The average Bonchev–Trinajstić information content (AvgIpc) is 3.01. The normalized spacial score (nSPS) is 15.1. The quantitative estimate of drug-likeness (QED) is 0.776. The second kappa shape index (κ2) is 5.39. The Balaban J connectivity index is 1.76. The number of aromatic nitrogens is 2. The molecule has 5 heteroatoms. The van der Waals surface area contributed by atoms with Crippen LogP contribution in [0.1, 0.15) is 56.4 Å². The van der Waals surface area contributed by atoms with Crippen molar-refractivity contribution in [1.82, 2.24) is 10.2 Å². The lowest BCUT2D eigenvalue weighted by molar-refractivity contribution is -0.116. The largest absolute Gasteiger partial charge is 0.301 e. The van der Waals surface area contributed by atoms with Gasteiger partial charge in [0.05, 0.1) is 0 Å². The minimum atomic E-state index is 0.0620. The van der Waals surface area contributed by atoms with Crippen molar-refractivity contribution in [3.8, 4) is 0 Å². The van der Waals surface area contributed by atoms with Crippen LogP contribution < -0.4 is 5.32 Å². The van der Waals surface area contributed by atoms with Crippen molar-refractivity contribution in [3.63, 3.8) is 0 Å². The molecule has 0 unspecified atom stereocenters. The van der Waals surface area contributed by atoms with Crippen molar-refractivity contribution in [2.24, 2.45) is 0 Å². The lowest BCUT2D eigenvalue weighted by Gasteiger charge is -1.99. The lowest BCUT2D eigenvalue weighted by atomic mass is 10.2. The summed E-state index contributed by atoms with van der Waals surface area (Å²) in [4.78, 5) is 11.5. The molecule has 1 aliphatic carbocycles. The number of hydrogen-bond acceptors (Lipinski definition) is 4. The predicted octanol–water partition coefficient (Wildman–Crippen LogP) is 2.93. The van der Waals surface area contributed by atoms with E-state index >= 15 is 0 Å². The second-order valence-corrected chi connectivity index (χ2v) is 5.23. The maximum atomic E-state index is 11.5. The Kier molecular flexibility index (Phi) is 3.88. The van der Waals surface area contributed by atoms with Gasteiger partial charge in [0.15, 0.2) is 0 Å². The van der Waals surface area contributed by atoms with E-state index in [0.717, 1.165) is 24.3 Å². The van der Waals surface area contributed by atoms with Crippen LogP contribution in [0.4, 0.5) is 5.13 Å². The van der Waals surface area contributed by atoms with E-state index in [1.165, 1.54) is 24.2 Å². The number of nitrogens with zero attached hydrogens (tertiary/aromatic N) is 2. The molecule has 0 aromatic carbocycles. The first kappa shape index (κ1) is 11.5. The third kappa shape index (κ3) is 3.27. The minimum Gasteiger partial charge on any atom is -0.301 e. The van der Waals surface area contributed by atoms with Gasteiger partial charge in [-0.25, -0.2) is 0 Å². The Hall–Kier alpha value is -0.970. The third-order valence-corrected chi connectivity index (χ3v) is 3.62. The van der Waals surface area contributed by atoms with Gasteiger partial charge in [-0.2, -0.15) is 0 Å². The van der Waals surface area contributed by atoms with Crippen LogP contribution in [0.3, 0.4) is 0 Å². The molecular formula is C11H17N3OS. The minimum absolute atomic E-state index is 0.0620. The molecule has 4 nitrogen and oxygen atoms in total. The van der Waals surface area contributed by atoms with Crippen LogP contribution in [0.15, 0.2) is 0 Å². The highest BCUT2D eigenvalue weighted by Crippen LogP contribution is 2.41. The highest BCUT2D eigenvalue weighted by atomic mass is 32.1. The van der Waals surface area contributed by atoms with Crippen molar-refractivity contribution in [3.05, 3.63) is 5.01 Å². The van der Waals surface area contributed by atoms with Crippen molar-refractivity contribution in [1.29, 1.82) is 0 Å². The maximum absolute atomic E-state index is 11.5. The summed E-state index contributed by atoms with van der Waals surface area (Å²) in [5, 5.41) is 12.6. The van der Waals surface area contributed by atoms with Crippen LogP contribution in [0.5, 0.6) is 0 Å². The Morgan fingerprint density at radius 1 is 1.44 bits per heavy atom. The molecule has 0 spiro atoms. The van der Waals surface area contributed by atoms with E-state index in [4.69, 9.17) is 0 Å². The molecule has 0 bridgehead atoms. The molecule has 2 rings (SSSR count). The van der Waals surface area contributed by atoms with E-state index in [1.807, 2.05) is 0 Å². The number of rotatable bonds is 6. The van der Waals surface area contributed by atoms with E-state index in [2.05, 4.69) is 22.4 Å². The zero-order valence-corrected chi connectivity index (χ0v) is 10.3. The van der Waals surface area contributed by atoms with Gasteiger partial charge in [-0.1, -0.05) is 31.1 Å². The monoisotopic (exact) mass is 239 g/mol. The van der Waals surface area contributed by atoms with Crippen molar-refractivity contribution < 1.29 is 4.79 Å². The summed E-state index contributed by atoms with van der Waals surface area (Å²) in [5.74, 6) is 0.676. The Bertz CT molecular complexity index is 360. The van der Waals surface area contributed by atoms with E-state index < -0.39 is 0 Å². The summed E-state index contributed by atoms with van der Waals surface area (Å²) in [5.41, 5.74) is 0. The first-order valence-electron chi connectivity index (χ1n) is 5.93. The van der Waals surface area contributed by atoms with Gasteiger partial charge < -0.3 is 5.32 Å². The number of hydrogen-bond donors (Lipinski definition) is 1. The van der Waals surface area contributed by atoms with E-state index in [0.29, 0.717) is 17.5 Å². The number of carbonyl (C=O) groups excluding carboxylic acids is 1. The highest BCUT2D eigenvalue weighted by molar-refractivity contribution is 7.15. The molecule has 1 heterocycles. The first-order chi connectivity index (χ1) is 7.79. The SMILES string of the molecule is CCCCCC(=O)Nc1nnc(C2CC2)s1. The van der Waals surface area contributed by atoms with Crippen LogP contribution >= 0.6 is 11.3 Å². The molecule has 1 aliphatic rings. The molecule has 0 atom stereocenters. The summed E-state index contributed by atoms with van der Waals surface area (Å²) in [6.45, 7) is 2.13. The molecular weight excluding hydrogens is 222 g/mol. The van der Waals surface area contributed by atoms with Crippen molar-refractivity contribution in [2.45, 2.75) is 51.4 Å². The van der Waals surface area contributed by atoms with Gasteiger partial charge in [0.1, 0.15) is 5.01 Å². The van der Waals surface area contributed by atoms with Crippen LogP contribution in [0, 0.1) is 0 Å². The molecule has 0 saturated heterocycles. The lowest BCUT2D eigenvalue weighted by Crippen LogP contribution is -2.10. The fourth-order valence-corrected chi connectivity index (χ4v) is 2.43. The van der Waals surface area contributed by atoms with E-state index in [9.17, 15) is 4.79 Å². The molecule has 1 fully saturated rings. The third-order valence-electron chi connectivity index (χ3n) is 2.62. The van der Waals surface area contributed by atoms with Crippen molar-refractivity contribution in [2.75, 3.05) is 5.32 Å². The smallest absolute Gasteiger partial charge is 0.226 e. The molecule has 1 aromatic heterocycles. The van der Waals surface area contributed by atoms with E-state index in [1.54, 1.807) is 0 Å². The number of carbonyl (C=O) groups is 1. The fourth-order valence-electron chi connectivity index (χ4n) is 1.50. The number of nitrogens with one attached hydrogen (secondary N) is 1. The van der Waals surface area contributed by atoms with E-state index in [-0.39, 0.29) is 5.91 Å². The van der Waals surface area contributed by atoms with Crippen LogP contribution in [-0.4, -0.2) is 16.1 Å². The average molecular weight is 239 g/mol. The molecule has 0 aliphatic heterocycles. The summed E-state index contributed by atoms with van der Waals surface area (Å²) < 4.78 is 0. The summed E-state index contributed by atoms with van der Waals surface area (Å²) in [6, 6.07) is 0. The number of anilines is 1. The van der Waals surface area contributed by atoms with Crippen LogP contribution in [0.2, 0.25) is 0 Å². The molecule has 1 saturated carbocycles. The second-order valence-electron chi connectivity index (χ2n) is 4.23. The van der Waals surface area contributed by atoms with Crippen molar-refractivity contribution >= 4 is 22.4 Å². The van der Waals surface area contributed by atoms with Crippen LogP contribution in [-0.2, 0) is 4.79 Å². The summed E-state index contributed by atoms with van der Waals surface area (Å²) in [7, 11) is 0. The molecule has 0 radical (unpaired) electrons.